The van der Waals surface area contributed by atoms with E-state index in [9.17, 15) is 95.8 Å². The standard InChI is InChI=1S/C56H48N10O30S10/c1-91-46-17-10-36(28-45(46)62-66-54-50(104(82,83)84)30-40-38(56(54)68)12-14-42(58)52(40)64-61-44-16-9-35(27-48(44)102(76,77)78)98-23-21-94-96-106(88,89)90)100(71,72)24-3-2-19-92-31-99(69,70)25-18-32-4-6-33(7-5-32)59-65-53-49(103(79,80)81)29-39-37(55(53)67)11-13-41(57)51(39)63-60-43-15-8-34(26-47(43)101(73,74)75)97-22-20-93-95-105(85,86)87/h4-17,26-30,67-68H,2-3,18-19,24-25,31,57-58H2,1H3,(H,73,74,75)(H,76,77,78)(H,79,80,81)(H,82,83,84)(H,85,86,87)(H,88,89,90). The molecule has 50 heteroatoms. The number of anilines is 2. The SMILES string of the molecule is COc1ccc(S(=O)(=O)CCCCOCS(=O)(=O)CCc2ccc(N=Nc3c(S(=O)(=O)O)cc4c(N=Nc5ccc(SC#COOS(=O)(=O)O)cc5S(=O)(=O)O)c(N)ccc4c3O)cc2)cc1N=Nc1c(S(=O)(=O)O)cc2c(N=Nc3ccc(SC#COOS(=O)(=O)O)cc3S(=O)(=O)O)c(N)ccc2c1O. The molecule has 8 rings (SSSR count). The third-order valence-electron chi connectivity index (χ3n) is 13.6. The molecule has 0 unspecified atom stereocenters. The van der Waals surface area contributed by atoms with E-state index in [1.54, 1.807) is 12.2 Å². The van der Waals surface area contributed by atoms with Crippen LogP contribution in [0, 0.1) is 22.7 Å². The molecular weight excluding hydrogens is 1610 g/mol. The van der Waals surface area contributed by atoms with Crippen LogP contribution in [-0.2, 0) is 111 Å². The van der Waals surface area contributed by atoms with Crippen LogP contribution in [0.1, 0.15) is 18.4 Å². The number of nitrogens with zero attached hydrogens (tertiary/aromatic N) is 8. The smallest absolute Gasteiger partial charge is 0.433 e. The summed E-state index contributed by atoms with van der Waals surface area (Å²) in [6.07, 6.45) is 3.41. The Morgan fingerprint density at radius 1 is 0.443 bits per heavy atom. The Morgan fingerprint density at radius 3 is 1.33 bits per heavy atom. The number of sulfone groups is 2. The molecule has 8 aromatic rings. The van der Waals surface area contributed by atoms with Gasteiger partial charge in [-0.25, -0.2) is 16.8 Å². The van der Waals surface area contributed by atoms with Crippen molar-refractivity contribution in [1.82, 2.24) is 0 Å². The van der Waals surface area contributed by atoms with Gasteiger partial charge in [-0.2, -0.15) is 55.6 Å². The average Bonchev–Trinajstić information content (AvgIpc) is 0.760. The van der Waals surface area contributed by atoms with Gasteiger partial charge in [-0.05, 0) is 160 Å². The number of hydrogen-bond acceptors (Lipinski definition) is 36. The Hall–Kier alpha value is -9.66. The number of aryl methyl sites for hydroxylation is 1. The first kappa shape index (κ1) is 82.0. The summed E-state index contributed by atoms with van der Waals surface area (Å²) in [7, 11) is -37.7. The molecule has 562 valence electrons. The maximum absolute atomic E-state index is 13.6. The van der Waals surface area contributed by atoms with E-state index in [1.807, 2.05) is 0 Å². The Morgan fingerprint density at radius 2 is 0.887 bits per heavy atom. The van der Waals surface area contributed by atoms with Crippen molar-refractivity contribution in [2.75, 3.05) is 42.6 Å². The number of unbranched alkanes of at least 4 members (excludes halogenated alkanes) is 1. The molecule has 12 N–H and O–H groups in total. The van der Waals surface area contributed by atoms with Crippen molar-refractivity contribution in [2.24, 2.45) is 40.9 Å². The van der Waals surface area contributed by atoms with Crippen LogP contribution in [0.5, 0.6) is 17.2 Å². The summed E-state index contributed by atoms with van der Waals surface area (Å²) in [6, 6.07) is 21.6. The molecule has 0 bridgehead atoms. The molecule has 0 aromatic heterocycles. The van der Waals surface area contributed by atoms with E-state index in [0.717, 1.165) is 48.5 Å². The van der Waals surface area contributed by atoms with Gasteiger partial charge in [0.25, 0.3) is 40.5 Å². The second-order valence-electron chi connectivity index (χ2n) is 20.8. The van der Waals surface area contributed by atoms with E-state index in [2.05, 4.69) is 69.9 Å². The number of thioether (sulfide) groups is 2. The molecule has 0 radical (unpaired) electrons. The lowest BCUT2D eigenvalue weighted by molar-refractivity contribution is -0.135. The largest absolute Gasteiger partial charge is 0.505 e. The van der Waals surface area contributed by atoms with Crippen LogP contribution in [-0.4, -0.2) is 136 Å². The number of rotatable bonds is 30. The van der Waals surface area contributed by atoms with Crippen molar-refractivity contribution in [1.29, 1.82) is 0 Å². The summed E-state index contributed by atoms with van der Waals surface area (Å²) in [5.41, 5.74) is 8.52. The molecule has 8 aromatic carbocycles. The number of nitrogen functional groups attached to an aromatic ring is 2. The zero-order valence-corrected chi connectivity index (χ0v) is 61.0. The van der Waals surface area contributed by atoms with Crippen molar-refractivity contribution in [2.45, 2.75) is 53.5 Å². The van der Waals surface area contributed by atoms with Crippen LogP contribution in [0.2, 0.25) is 0 Å². The molecule has 0 aliphatic heterocycles. The zero-order valence-electron chi connectivity index (χ0n) is 52.8. The number of hydrogen-bond donors (Lipinski definition) is 10. The third kappa shape index (κ3) is 22.2. The first-order valence-corrected chi connectivity index (χ1v) is 41.8. The summed E-state index contributed by atoms with van der Waals surface area (Å²) in [6.45, 7) is -0.204. The highest BCUT2D eigenvalue weighted by atomic mass is 32.3. The Labute approximate surface area is 609 Å². The molecule has 0 saturated carbocycles. The fourth-order valence-corrected chi connectivity index (χ4v) is 15.3. The van der Waals surface area contributed by atoms with Crippen LogP contribution in [0.25, 0.3) is 21.5 Å². The molecule has 0 spiro atoms. The van der Waals surface area contributed by atoms with Gasteiger partial charge >= 0.3 is 20.8 Å². The van der Waals surface area contributed by atoms with Gasteiger partial charge in [-0.3, -0.25) is 37.1 Å². The third-order valence-corrected chi connectivity index (χ3v) is 22.1. The van der Waals surface area contributed by atoms with Crippen LogP contribution >= 0.6 is 23.5 Å². The molecule has 0 saturated heterocycles. The van der Waals surface area contributed by atoms with Gasteiger partial charge in [0.1, 0.15) is 71.1 Å². The minimum absolute atomic E-state index is 0.000442. The predicted molar refractivity (Wildman–Crippen MR) is 373 cm³/mol. The number of phenolic OH excluding ortho intramolecular Hbond substituents is 2. The molecule has 40 nitrogen and oxygen atoms in total. The molecular formula is C56H48N10O30S10. The number of phenols is 2. The number of fused-ring (bicyclic) bond motifs is 2. The highest BCUT2D eigenvalue weighted by Crippen LogP contribution is 2.49. The van der Waals surface area contributed by atoms with Gasteiger partial charge < -0.3 is 31.2 Å². The van der Waals surface area contributed by atoms with E-state index >= 15 is 0 Å². The lowest BCUT2D eigenvalue weighted by Gasteiger charge is -2.12. The minimum atomic E-state index is -5.36. The van der Waals surface area contributed by atoms with Gasteiger partial charge in [-0.1, -0.05) is 12.1 Å². The lowest BCUT2D eigenvalue weighted by atomic mass is 10.1. The number of ether oxygens (including phenoxy) is 2. The molecule has 0 amide bonds. The number of nitrogens with two attached hydrogens (primary N) is 2. The lowest BCUT2D eigenvalue weighted by Crippen LogP contribution is -2.16. The Balaban J connectivity index is 0.881. The Kier molecular flexibility index (Phi) is 25.9. The van der Waals surface area contributed by atoms with Crippen LogP contribution in [0.15, 0.2) is 190 Å². The van der Waals surface area contributed by atoms with Gasteiger partial charge in [0, 0.05) is 48.4 Å². The number of methoxy groups -OCH3 is 1. The molecule has 0 atom stereocenters. The first-order chi connectivity index (χ1) is 49.4. The predicted octanol–water partition coefficient (Wildman–Crippen LogP) is 9.93. The van der Waals surface area contributed by atoms with E-state index in [4.69, 9.17) is 30.0 Å². The monoisotopic (exact) mass is 1660 g/mol. The highest BCUT2D eigenvalue weighted by molar-refractivity contribution is 8.04. The van der Waals surface area contributed by atoms with Crippen molar-refractivity contribution in [3.05, 3.63) is 121 Å². The van der Waals surface area contributed by atoms with E-state index in [1.165, 1.54) is 73.8 Å². The van der Waals surface area contributed by atoms with Gasteiger partial charge in [0.2, 0.25) is 0 Å². The van der Waals surface area contributed by atoms with Gasteiger partial charge in [-0.15, -0.1) is 35.8 Å². The van der Waals surface area contributed by atoms with Crippen molar-refractivity contribution in [3.63, 3.8) is 0 Å². The summed E-state index contributed by atoms with van der Waals surface area (Å²) >= 11 is 1.07. The van der Waals surface area contributed by atoms with Crippen molar-refractivity contribution in [3.8, 4) is 40.0 Å². The fraction of sp³-hybridized carbons (Fsp3) is 0.143. The molecule has 0 aliphatic carbocycles. The summed E-state index contributed by atoms with van der Waals surface area (Å²) in [5.74, 6) is -3.64. The fourth-order valence-electron chi connectivity index (χ4n) is 8.88. The number of azo groups is 4. The van der Waals surface area contributed by atoms with E-state index < -0.39 is 158 Å². The average molecular weight is 1660 g/mol. The highest BCUT2D eigenvalue weighted by Gasteiger charge is 2.28. The van der Waals surface area contributed by atoms with E-state index in [0.29, 0.717) is 29.1 Å². The normalized spacial score (nSPS) is 12.8. The first-order valence-electron chi connectivity index (χ1n) is 28.2. The topological polar surface area (TPSA) is 641 Å². The molecule has 106 heavy (non-hydrogen) atoms. The van der Waals surface area contributed by atoms with Crippen LogP contribution < -0.4 is 16.2 Å². The molecule has 0 heterocycles. The minimum Gasteiger partial charge on any atom is -0.505 e. The number of aromatic hydroxyl groups is 2. The zero-order chi connectivity index (χ0) is 78.0. The molecule has 0 fully saturated rings. The summed E-state index contributed by atoms with van der Waals surface area (Å²) in [4.78, 5) is 3.80. The number of benzene rings is 8. The van der Waals surface area contributed by atoms with Crippen molar-refractivity contribution < 1.29 is 133 Å². The summed E-state index contributed by atoms with van der Waals surface area (Å²) in [5, 5.41) is 57.4. The molecule has 0 aliphatic rings. The van der Waals surface area contributed by atoms with Crippen molar-refractivity contribution >= 4 is 183 Å². The maximum Gasteiger partial charge on any atom is 0.433 e. The van der Waals surface area contributed by atoms with E-state index in [-0.39, 0.29) is 96.3 Å². The van der Waals surface area contributed by atoms with Crippen LogP contribution in [0.4, 0.5) is 56.9 Å². The summed E-state index contributed by atoms with van der Waals surface area (Å²) < 4.78 is 272. The quantitative estimate of drug-likeness (QED) is 0.00292. The van der Waals surface area contributed by atoms with Gasteiger partial charge in [0.05, 0.1) is 40.6 Å². The van der Waals surface area contributed by atoms with Crippen LogP contribution in [0.3, 0.4) is 0 Å². The second kappa shape index (κ2) is 33.4. The maximum atomic E-state index is 13.6. The second-order valence-corrected chi connectivity index (χ2v) is 34.4. The van der Waals surface area contributed by atoms with Gasteiger partial charge in [0.15, 0.2) is 43.4 Å². The Bertz CT molecular complexity index is 6070.